The van der Waals surface area contributed by atoms with Gasteiger partial charge in [0.1, 0.15) is 18.1 Å². The molecule has 4 rings (SSSR count). The van der Waals surface area contributed by atoms with Gasteiger partial charge in [0, 0.05) is 32.9 Å². The number of ether oxygens (including phenoxy) is 2. The number of carbonyl (C=O) groups excluding carboxylic acids is 1. The summed E-state index contributed by atoms with van der Waals surface area (Å²) in [5.74, 6) is 1.51. The number of aromatic nitrogens is 2. The molecule has 0 aliphatic heterocycles. The molecule has 0 fully saturated rings. The third-order valence-electron chi connectivity index (χ3n) is 5.22. The number of carbonyl (C=O) groups is 1. The van der Waals surface area contributed by atoms with E-state index >= 15 is 0 Å². The molecule has 0 saturated carbocycles. The van der Waals surface area contributed by atoms with Crippen molar-refractivity contribution in [2.24, 2.45) is 0 Å². The fourth-order valence-electron chi connectivity index (χ4n) is 3.41. The van der Waals surface area contributed by atoms with Crippen molar-refractivity contribution in [2.75, 3.05) is 12.4 Å². The first-order chi connectivity index (χ1) is 16.4. The van der Waals surface area contributed by atoms with Crippen LogP contribution >= 0.6 is 23.2 Å². The summed E-state index contributed by atoms with van der Waals surface area (Å²) in [6.45, 7) is 2.76. The maximum absolute atomic E-state index is 12.9. The van der Waals surface area contributed by atoms with Crippen LogP contribution in [0, 0.1) is 6.92 Å². The van der Waals surface area contributed by atoms with E-state index in [4.69, 9.17) is 32.7 Å². The fraction of sp³-hybridized carbons (Fsp3) is 0.154. The Morgan fingerprint density at radius 1 is 0.971 bits per heavy atom. The molecule has 0 unspecified atom stereocenters. The Kier molecular flexibility index (Phi) is 7.40. The van der Waals surface area contributed by atoms with E-state index in [1.54, 1.807) is 49.6 Å². The summed E-state index contributed by atoms with van der Waals surface area (Å²) in [6.07, 6.45) is 0. The number of nitrogens with one attached hydrogen (secondary N) is 1. The number of anilines is 1. The van der Waals surface area contributed by atoms with Crippen LogP contribution in [0.25, 0.3) is 0 Å². The molecule has 34 heavy (non-hydrogen) atoms. The molecular weight excluding hydrogens is 473 g/mol. The van der Waals surface area contributed by atoms with Gasteiger partial charge in [0.05, 0.1) is 13.7 Å². The highest BCUT2D eigenvalue weighted by Gasteiger charge is 2.14. The van der Waals surface area contributed by atoms with Crippen molar-refractivity contribution < 1.29 is 14.3 Å². The minimum absolute atomic E-state index is 0.237. The van der Waals surface area contributed by atoms with Gasteiger partial charge in [-0.25, -0.2) is 0 Å². The van der Waals surface area contributed by atoms with Gasteiger partial charge in [-0.15, -0.1) is 0 Å². The lowest BCUT2D eigenvalue weighted by Crippen LogP contribution is -2.14. The zero-order valence-corrected chi connectivity index (χ0v) is 20.2. The molecule has 3 aromatic carbocycles. The van der Waals surface area contributed by atoms with E-state index in [0.717, 1.165) is 16.8 Å². The van der Waals surface area contributed by atoms with Crippen molar-refractivity contribution in [3.05, 3.63) is 105 Å². The molecule has 0 saturated heterocycles. The predicted molar refractivity (Wildman–Crippen MR) is 134 cm³/mol. The average Bonchev–Trinajstić information content (AvgIpc) is 3.18. The number of aryl methyl sites for hydroxylation is 1. The van der Waals surface area contributed by atoms with Crippen LogP contribution < -0.4 is 14.8 Å². The normalized spacial score (nSPS) is 10.7. The zero-order chi connectivity index (χ0) is 24.1. The van der Waals surface area contributed by atoms with Crippen LogP contribution in [0.1, 0.15) is 27.2 Å². The van der Waals surface area contributed by atoms with Gasteiger partial charge in [-0.2, -0.15) is 5.10 Å². The van der Waals surface area contributed by atoms with Crippen LogP contribution in [-0.2, 0) is 13.2 Å². The van der Waals surface area contributed by atoms with Gasteiger partial charge in [-0.1, -0.05) is 35.3 Å². The van der Waals surface area contributed by atoms with E-state index in [9.17, 15) is 4.79 Å². The number of rotatable bonds is 8. The Morgan fingerprint density at radius 3 is 2.32 bits per heavy atom. The molecule has 0 aliphatic carbocycles. The lowest BCUT2D eigenvalue weighted by Gasteiger charge is -2.12. The Morgan fingerprint density at radius 2 is 1.65 bits per heavy atom. The van der Waals surface area contributed by atoms with E-state index in [1.807, 2.05) is 41.9 Å². The number of hydrogen-bond donors (Lipinski definition) is 1. The second kappa shape index (κ2) is 10.6. The Hall–Kier alpha value is -3.48. The van der Waals surface area contributed by atoms with Crippen LogP contribution in [0.2, 0.25) is 10.0 Å². The number of methoxy groups -OCH3 is 1. The highest BCUT2D eigenvalue weighted by molar-refractivity contribution is 6.30. The Balaban J connectivity index is 1.45. The standard InChI is InChI=1S/C26H23Cl2N3O3/c1-17-13-25(30-31(17)15-18-3-6-21(27)7-4-18)29-26(32)19-5-12-24(33-2)20(14-19)16-34-23-10-8-22(28)9-11-23/h3-14H,15-16H2,1-2H3,(H,29,30,32). The molecular formula is C26H23Cl2N3O3. The van der Waals surface area contributed by atoms with Crippen LogP contribution in [0.15, 0.2) is 72.8 Å². The van der Waals surface area contributed by atoms with E-state index in [1.165, 1.54) is 0 Å². The van der Waals surface area contributed by atoms with Gasteiger partial charge < -0.3 is 14.8 Å². The monoisotopic (exact) mass is 495 g/mol. The summed E-state index contributed by atoms with van der Waals surface area (Å²) in [5.41, 5.74) is 3.21. The van der Waals surface area contributed by atoms with Crippen LogP contribution in [-0.4, -0.2) is 22.8 Å². The van der Waals surface area contributed by atoms with E-state index < -0.39 is 0 Å². The maximum Gasteiger partial charge on any atom is 0.256 e. The summed E-state index contributed by atoms with van der Waals surface area (Å²) in [4.78, 5) is 12.9. The van der Waals surface area contributed by atoms with Crippen LogP contribution in [0.3, 0.4) is 0 Å². The van der Waals surface area contributed by atoms with Crippen LogP contribution in [0.5, 0.6) is 11.5 Å². The number of hydrogen-bond acceptors (Lipinski definition) is 4. The van der Waals surface area contributed by atoms with Crippen molar-refractivity contribution in [1.82, 2.24) is 9.78 Å². The molecule has 8 heteroatoms. The number of amides is 1. The Labute approximate surface area is 208 Å². The lowest BCUT2D eigenvalue weighted by atomic mass is 10.1. The molecule has 1 aromatic heterocycles. The molecule has 6 nitrogen and oxygen atoms in total. The number of nitrogens with zero attached hydrogens (tertiary/aromatic N) is 2. The van der Waals surface area contributed by atoms with E-state index in [0.29, 0.717) is 39.5 Å². The molecule has 1 N–H and O–H groups in total. The molecule has 174 valence electrons. The molecule has 1 amide bonds. The van der Waals surface area contributed by atoms with Crippen molar-refractivity contribution in [3.63, 3.8) is 0 Å². The summed E-state index contributed by atoms with van der Waals surface area (Å²) in [5, 5.41) is 8.71. The van der Waals surface area contributed by atoms with Crippen molar-refractivity contribution in [1.29, 1.82) is 0 Å². The molecule has 0 aliphatic rings. The van der Waals surface area contributed by atoms with Crippen molar-refractivity contribution in [2.45, 2.75) is 20.1 Å². The smallest absolute Gasteiger partial charge is 0.256 e. The highest BCUT2D eigenvalue weighted by Crippen LogP contribution is 2.24. The first kappa shape index (κ1) is 23.7. The third kappa shape index (κ3) is 5.90. The SMILES string of the molecule is COc1ccc(C(=O)Nc2cc(C)n(Cc3ccc(Cl)cc3)n2)cc1COc1ccc(Cl)cc1. The number of halogens is 2. The lowest BCUT2D eigenvalue weighted by molar-refractivity contribution is 0.102. The first-order valence-electron chi connectivity index (χ1n) is 10.6. The second-order valence-electron chi connectivity index (χ2n) is 7.68. The predicted octanol–water partition coefficient (Wildman–Crippen LogP) is 6.39. The summed E-state index contributed by atoms with van der Waals surface area (Å²) >= 11 is 11.9. The topological polar surface area (TPSA) is 65.4 Å². The van der Waals surface area contributed by atoms with Gasteiger partial charge in [-0.05, 0) is 67.1 Å². The van der Waals surface area contributed by atoms with Crippen molar-refractivity contribution in [3.8, 4) is 11.5 Å². The second-order valence-corrected chi connectivity index (χ2v) is 8.55. The minimum atomic E-state index is -0.272. The molecule has 4 aromatic rings. The van der Waals surface area contributed by atoms with Crippen molar-refractivity contribution >= 4 is 34.9 Å². The van der Waals surface area contributed by atoms with Gasteiger partial charge in [0.15, 0.2) is 5.82 Å². The maximum atomic E-state index is 12.9. The highest BCUT2D eigenvalue weighted by atomic mass is 35.5. The van der Waals surface area contributed by atoms with Gasteiger partial charge in [0.25, 0.3) is 5.91 Å². The van der Waals surface area contributed by atoms with Gasteiger partial charge in [-0.3, -0.25) is 9.48 Å². The first-order valence-corrected chi connectivity index (χ1v) is 11.3. The quantitative estimate of drug-likeness (QED) is 0.307. The summed E-state index contributed by atoms with van der Waals surface area (Å²) < 4.78 is 13.1. The molecule has 0 atom stereocenters. The molecule has 0 radical (unpaired) electrons. The minimum Gasteiger partial charge on any atom is -0.496 e. The van der Waals surface area contributed by atoms with Gasteiger partial charge in [0.2, 0.25) is 0 Å². The summed E-state index contributed by atoms with van der Waals surface area (Å²) in [7, 11) is 1.58. The number of benzene rings is 3. The van der Waals surface area contributed by atoms with Gasteiger partial charge >= 0.3 is 0 Å². The largest absolute Gasteiger partial charge is 0.496 e. The fourth-order valence-corrected chi connectivity index (χ4v) is 3.66. The molecule has 0 bridgehead atoms. The average molecular weight is 496 g/mol. The van der Waals surface area contributed by atoms with Crippen LogP contribution in [0.4, 0.5) is 5.82 Å². The van der Waals surface area contributed by atoms with E-state index in [-0.39, 0.29) is 12.5 Å². The third-order valence-corrected chi connectivity index (χ3v) is 5.72. The molecule has 0 spiro atoms. The Bertz CT molecular complexity index is 1290. The summed E-state index contributed by atoms with van der Waals surface area (Å²) in [6, 6.07) is 21.7. The molecule has 1 heterocycles. The van der Waals surface area contributed by atoms with E-state index in [2.05, 4.69) is 10.4 Å². The zero-order valence-electron chi connectivity index (χ0n) is 18.7.